The molecule has 2 amide bonds. The molecule has 0 saturated heterocycles. The number of amides is 2. The van der Waals surface area contributed by atoms with Gasteiger partial charge in [0.2, 0.25) is 0 Å². The minimum absolute atomic E-state index is 0.231. The number of esters is 1. The molecule has 37 heavy (non-hydrogen) atoms. The van der Waals surface area contributed by atoms with Gasteiger partial charge < -0.3 is 19.5 Å². The summed E-state index contributed by atoms with van der Waals surface area (Å²) in [6.07, 6.45) is 2.30. The molecule has 0 unspecified atom stereocenters. The van der Waals surface area contributed by atoms with Crippen LogP contribution in [0.3, 0.4) is 0 Å². The van der Waals surface area contributed by atoms with Gasteiger partial charge >= 0.3 is 5.97 Å². The topological polar surface area (TPSA) is 115 Å². The zero-order chi connectivity index (χ0) is 26.6. The van der Waals surface area contributed by atoms with Gasteiger partial charge in [-0.25, -0.2) is 10.2 Å². The number of hydrazone groups is 1. The number of halogens is 1. The second-order valence-corrected chi connectivity index (χ2v) is 8.79. The lowest BCUT2D eigenvalue weighted by Gasteiger charge is -2.10. The fourth-order valence-electron chi connectivity index (χ4n) is 3.03. The maximum atomic E-state index is 12.5. The normalized spacial score (nSPS) is 10.6. The van der Waals surface area contributed by atoms with E-state index in [0.717, 1.165) is 9.99 Å². The smallest absolute Gasteiger partial charge is 0.343 e. The van der Waals surface area contributed by atoms with Gasteiger partial charge in [-0.1, -0.05) is 19.1 Å². The van der Waals surface area contributed by atoms with Crippen molar-refractivity contribution in [1.29, 1.82) is 0 Å². The van der Waals surface area contributed by atoms with Crippen LogP contribution >= 0.6 is 22.6 Å². The van der Waals surface area contributed by atoms with Crippen LogP contribution in [0.15, 0.2) is 71.8 Å². The third-order valence-corrected chi connectivity index (χ3v) is 5.82. The van der Waals surface area contributed by atoms with E-state index in [0.29, 0.717) is 34.8 Å². The quantitative estimate of drug-likeness (QED) is 0.110. The van der Waals surface area contributed by atoms with Gasteiger partial charge in [0.15, 0.2) is 11.5 Å². The molecule has 192 valence electrons. The highest BCUT2D eigenvalue weighted by atomic mass is 127. The number of hydrogen-bond donors (Lipinski definition) is 2. The molecule has 0 spiro atoms. The molecule has 3 aromatic rings. The highest BCUT2D eigenvalue weighted by Gasteiger charge is 2.14. The van der Waals surface area contributed by atoms with E-state index < -0.39 is 11.9 Å². The summed E-state index contributed by atoms with van der Waals surface area (Å²) in [5.74, 6) is -0.144. The summed E-state index contributed by atoms with van der Waals surface area (Å²) in [4.78, 5) is 36.8. The molecule has 0 aromatic heterocycles. The molecule has 2 N–H and O–H groups in total. The Labute approximate surface area is 228 Å². The van der Waals surface area contributed by atoms with E-state index in [1.54, 1.807) is 60.7 Å². The van der Waals surface area contributed by atoms with Crippen molar-refractivity contribution in [2.45, 2.75) is 13.3 Å². The fourth-order valence-corrected chi connectivity index (χ4v) is 3.67. The maximum Gasteiger partial charge on any atom is 0.343 e. The first-order valence-corrected chi connectivity index (χ1v) is 12.5. The number of carbonyl (C=O) groups is 3. The highest BCUT2D eigenvalue weighted by molar-refractivity contribution is 14.1. The molecule has 3 aromatic carbocycles. The van der Waals surface area contributed by atoms with Gasteiger partial charge in [-0.3, -0.25) is 9.59 Å². The zero-order valence-corrected chi connectivity index (χ0v) is 22.5. The first kappa shape index (κ1) is 27.7. The zero-order valence-electron chi connectivity index (χ0n) is 20.3. The van der Waals surface area contributed by atoms with Crippen LogP contribution in [0.2, 0.25) is 0 Å². The number of nitrogens with one attached hydrogen (secondary N) is 2. The third-order valence-electron chi connectivity index (χ3n) is 4.88. The predicted octanol–water partition coefficient (Wildman–Crippen LogP) is 4.19. The van der Waals surface area contributed by atoms with Gasteiger partial charge in [0.25, 0.3) is 11.8 Å². The summed E-state index contributed by atoms with van der Waals surface area (Å²) in [6.45, 7) is 2.39. The molecule has 0 fully saturated rings. The van der Waals surface area contributed by atoms with E-state index in [1.165, 1.54) is 13.3 Å². The minimum atomic E-state index is -0.541. The average Bonchev–Trinajstić information content (AvgIpc) is 2.91. The van der Waals surface area contributed by atoms with E-state index in [2.05, 4.69) is 38.4 Å². The summed E-state index contributed by atoms with van der Waals surface area (Å²) in [6, 6.07) is 18.6. The lowest BCUT2D eigenvalue weighted by molar-refractivity contribution is -0.120. The van der Waals surface area contributed by atoms with Crippen LogP contribution in [0, 0.1) is 3.57 Å². The second-order valence-electron chi connectivity index (χ2n) is 7.63. The molecule has 0 radical (unpaired) electrons. The van der Waals surface area contributed by atoms with Crippen molar-refractivity contribution in [2.24, 2.45) is 5.10 Å². The Morgan fingerprint density at radius 2 is 1.76 bits per heavy atom. The van der Waals surface area contributed by atoms with Gasteiger partial charge in [-0.2, -0.15) is 5.10 Å². The molecule has 0 aliphatic rings. The monoisotopic (exact) mass is 615 g/mol. The molecule has 0 bridgehead atoms. The number of methoxy groups -OCH3 is 1. The first-order valence-electron chi connectivity index (χ1n) is 11.4. The predicted molar refractivity (Wildman–Crippen MR) is 147 cm³/mol. The molecular formula is C27H26IN3O6. The molecule has 10 heteroatoms. The summed E-state index contributed by atoms with van der Waals surface area (Å²) >= 11 is 2.06. The Bertz CT molecular complexity index is 1280. The number of carbonyl (C=O) groups excluding carboxylic acids is 3. The van der Waals surface area contributed by atoms with Crippen LogP contribution in [0.5, 0.6) is 17.2 Å². The number of nitrogens with zero attached hydrogens (tertiary/aromatic N) is 1. The van der Waals surface area contributed by atoms with Crippen molar-refractivity contribution >= 4 is 46.6 Å². The van der Waals surface area contributed by atoms with E-state index in [1.807, 2.05) is 13.0 Å². The average molecular weight is 615 g/mol. The molecule has 0 saturated carbocycles. The van der Waals surface area contributed by atoms with E-state index in [-0.39, 0.29) is 18.2 Å². The highest BCUT2D eigenvalue weighted by Crippen LogP contribution is 2.28. The van der Waals surface area contributed by atoms with Crippen LogP contribution in [-0.4, -0.2) is 44.3 Å². The third kappa shape index (κ3) is 8.31. The van der Waals surface area contributed by atoms with Crippen LogP contribution < -0.4 is 25.0 Å². The second kappa shape index (κ2) is 14.0. The van der Waals surface area contributed by atoms with Crippen molar-refractivity contribution in [2.75, 3.05) is 20.3 Å². The minimum Gasteiger partial charge on any atom is -0.494 e. The Balaban J connectivity index is 1.53. The molecule has 0 atom stereocenters. The molecule has 0 aliphatic carbocycles. The van der Waals surface area contributed by atoms with Crippen LogP contribution in [0.25, 0.3) is 0 Å². The van der Waals surface area contributed by atoms with Crippen molar-refractivity contribution in [3.8, 4) is 17.2 Å². The van der Waals surface area contributed by atoms with Gasteiger partial charge in [0.05, 0.1) is 37.6 Å². The molecule has 9 nitrogen and oxygen atoms in total. The summed E-state index contributed by atoms with van der Waals surface area (Å²) in [5.41, 5.74) is 3.81. The largest absolute Gasteiger partial charge is 0.494 e. The lowest BCUT2D eigenvalue weighted by Crippen LogP contribution is -2.35. The van der Waals surface area contributed by atoms with E-state index >= 15 is 0 Å². The van der Waals surface area contributed by atoms with Crippen molar-refractivity contribution in [1.82, 2.24) is 10.7 Å². The van der Waals surface area contributed by atoms with Gasteiger partial charge in [0.1, 0.15) is 5.75 Å². The fraction of sp³-hybridized carbons (Fsp3) is 0.185. The Morgan fingerprint density at radius 3 is 2.46 bits per heavy atom. The standard InChI is InChI=1S/C27H26IN3O6/c1-3-14-36-20-11-9-19(10-12-20)27(34)37-23-13-8-18(15-24(23)35-2)16-30-31-25(32)17-29-26(33)21-6-4-5-7-22(21)28/h4-13,15-16H,3,14,17H2,1-2H3,(H,29,33)(H,31,32). The van der Waals surface area contributed by atoms with E-state index in [4.69, 9.17) is 14.2 Å². The van der Waals surface area contributed by atoms with Gasteiger partial charge in [-0.05, 0) is 89.2 Å². The Hall–Kier alpha value is -3.93. The Morgan fingerprint density at radius 1 is 1.00 bits per heavy atom. The number of rotatable bonds is 11. The SMILES string of the molecule is CCCOc1ccc(C(=O)Oc2ccc(C=NNC(=O)CNC(=O)c3ccccc3I)cc2OC)cc1. The number of ether oxygens (including phenoxy) is 3. The van der Waals surface area contributed by atoms with Gasteiger partial charge in [-0.15, -0.1) is 0 Å². The summed E-state index contributed by atoms with van der Waals surface area (Å²) in [7, 11) is 1.45. The van der Waals surface area contributed by atoms with Crippen molar-refractivity contribution in [3.63, 3.8) is 0 Å². The molecule has 0 aliphatic heterocycles. The molecular weight excluding hydrogens is 589 g/mol. The number of benzene rings is 3. The number of hydrogen-bond acceptors (Lipinski definition) is 7. The van der Waals surface area contributed by atoms with Crippen LogP contribution in [-0.2, 0) is 4.79 Å². The van der Waals surface area contributed by atoms with E-state index in [9.17, 15) is 14.4 Å². The maximum absolute atomic E-state index is 12.5. The first-order chi connectivity index (χ1) is 17.9. The van der Waals surface area contributed by atoms with Crippen LogP contribution in [0.4, 0.5) is 0 Å². The Kier molecular flexibility index (Phi) is 10.4. The van der Waals surface area contributed by atoms with Crippen molar-refractivity contribution in [3.05, 3.63) is 87.0 Å². The van der Waals surface area contributed by atoms with Gasteiger partial charge in [0, 0.05) is 3.57 Å². The van der Waals surface area contributed by atoms with Crippen molar-refractivity contribution < 1.29 is 28.6 Å². The van der Waals surface area contributed by atoms with Crippen LogP contribution in [0.1, 0.15) is 39.6 Å². The molecule has 3 rings (SSSR count). The lowest BCUT2D eigenvalue weighted by atomic mass is 10.2. The summed E-state index contributed by atoms with van der Waals surface area (Å²) in [5, 5.41) is 6.45. The summed E-state index contributed by atoms with van der Waals surface area (Å²) < 4.78 is 17.1. The molecule has 0 heterocycles.